The lowest BCUT2D eigenvalue weighted by Gasteiger charge is -2.24. The maximum absolute atomic E-state index is 10.6. The van der Waals surface area contributed by atoms with Crippen LogP contribution in [0, 0.1) is 0 Å². The predicted molar refractivity (Wildman–Crippen MR) is 102 cm³/mol. The summed E-state index contributed by atoms with van der Waals surface area (Å²) in [6, 6.07) is 4.21. The van der Waals surface area contributed by atoms with Crippen LogP contribution in [-0.4, -0.2) is 57.8 Å². The van der Waals surface area contributed by atoms with Crippen LogP contribution in [0.3, 0.4) is 0 Å². The highest BCUT2D eigenvalue weighted by Crippen LogP contribution is 2.19. The van der Waals surface area contributed by atoms with Gasteiger partial charge in [-0.3, -0.25) is 9.36 Å². The minimum atomic E-state index is -0.855. The second-order valence-electron chi connectivity index (χ2n) is 5.67. The summed E-state index contributed by atoms with van der Waals surface area (Å²) in [5.41, 5.74) is 1.67. The Hall–Kier alpha value is -1.61. The molecule has 1 saturated heterocycles. The smallest absolute Gasteiger partial charge is 0.317 e. The lowest BCUT2D eigenvalue weighted by Crippen LogP contribution is -2.36. The molecule has 0 atom stereocenters. The number of hydrogen-bond acceptors (Lipinski definition) is 6. The van der Waals surface area contributed by atoms with E-state index >= 15 is 0 Å². The second kappa shape index (κ2) is 10.4. The molecule has 0 unspecified atom stereocenters. The van der Waals surface area contributed by atoms with E-state index in [-0.39, 0.29) is 31.4 Å². The zero-order valence-corrected chi connectivity index (χ0v) is 15.4. The van der Waals surface area contributed by atoms with Gasteiger partial charge < -0.3 is 21.1 Å². The number of aromatic nitrogens is 3. The number of nitrogens with zero attached hydrogens (tertiary/aromatic N) is 3. The summed E-state index contributed by atoms with van der Waals surface area (Å²) in [6.45, 7) is 3.15. The standard InChI is InChI=1S/C15H22N6O2.2ClH/c22-13(23)10-17-8-9-21-14-12(2-1-5-18-14)20-15(21)19-11-3-6-16-7-4-11;;/h1-2,5,11,16-17H,3-4,6-10H2,(H,19,20)(H,22,23);2*1H. The fourth-order valence-electron chi connectivity index (χ4n) is 2.82. The van der Waals surface area contributed by atoms with Crippen LogP contribution in [0.1, 0.15) is 12.8 Å². The van der Waals surface area contributed by atoms with Crippen molar-refractivity contribution in [2.45, 2.75) is 25.4 Å². The zero-order valence-electron chi connectivity index (χ0n) is 13.8. The highest BCUT2D eigenvalue weighted by Gasteiger charge is 2.17. The van der Waals surface area contributed by atoms with Crippen LogP contribution >= 0.6 is 24.8 Å². The van der Waals surface area contributed by atoms with E-state index in [1.807, 2.05) is 16.7 Å². The van der Waals surface area contributed by atoms with Crippen molar-refractivity contribution < 1.29 is 9.90 Å². The third kappa shape index (κ3) is 5.71. The Morgan fingerprint density at radius 3 is 2.84 bits per heavy atom. The number of hydrogen-bond donors (Lipinski definition) is 4. The molecule has 0 saturated carbocycles. The maximum Gasteiger partial charge on any atom is 0.317 e. The van der Waals surface area contributed by atoms with Gasteiger partial charge in [0.15, 0.2) is 5.65 Å². The number of carboxylic acid groups (broad SMARTS) is 1. The SMILES string of the molecule is Cl.Cl.O=C(O)CNCCn1c(NC2CCNCC2)nc2cccnc21. The third-order valence-electron chi connectivity index (χ3n) is 3.96. The van der Waals surface area contributed by atoms with Crippen molar-refractivity contribution in [2.24, 2.45) is 0 Å². The topological polar surface area (TPSA) is 104 Å². The third-order valence-corrected chi connectivity index (χ3v) is 3.96. The van der Waals surface area contributed by atoms with E-state index < -0.39 is 5.97 Å². The van der Waals surface area contributed by atoms with Crippen molar-refractivity contribution in [3.8, 4) is 0 Å². The summed E-state index contributed by atoms with van der Waals surface area (Å²) in [7, 11) is 0. The van der Waals surface area contributed by atoms with E-state index in [1.165, 1.54) is 0 Å². The second-order valence-corrected chi connectivity index (χ2v) is 5.67. The Bertz CT molecular complexity index is 675. The predicted octanol–water partition coefficient (Wildman–Crippen LogP) is 1.11. The van der Waals surface area contributed by atoms with Crippen LogP contribution in [0.2, 0.25) is 0 Å². The number of aliphatic carboxylic acids is 1. The normalized spacial score (nSPS) is 14.6. The van der Waals surface area contributed by atoms with Crippen LogP contribution in [-0.2, 0) is 11.3 Å². The highest BCUT2D eigenvalue weighted by atomic mass is 35.5. The van der Waals surface area contributed by atoms with Gasteiger partial charge in [0.1, 0.15) is 5.52 Å². The molecule has 1 aliphatic heterocycles. The molecule has 0 amide bonds. The fraction of sp³-hybridized carbons (Fsp3) is 0.533. The number of pyridine rings is 1. The van der Waals surface area contributed by atoms with E-state index in [0.717, 1.165) is 43.0 Å². The molecule has 0 spiro atoms. The summed E-state index contributed by atoms with van der Waals surface area (Å²) in [5, 5.41) is 18.5. The van der Waals surface area contributed by atoms with Gasteiger partial charge in [0.25, 0.3) is 0 Å². The highest BCUT2D eigenvalue weighted by molar-refractivity contribution is 5.85. The molecule has 25 heavy (non-hydrogen) atoms. The van der Waals surface area contributed by atoms with Gasteiger partial charge in [-0.25, -0.2) is 9.97 Å². The van der Waals surface area contributed by atoms with Crippen molar-refractivity contribution in [2.75, 3.05) is 31.5 Å². The van der Waals surface area contributed by atoms with Gasteiger partial charge in [-0.2, -0.15) is 0 Å². The number of halogens is 2. The molecular weight excluding hydrogens is 367 g/mol. The van der Waals surface area contributed by atoms with Crippen molar-refractivity contribution in [3.63, 3.8) is 0 Å². The van der Waals surface area contributed by atoms with E-state index in [1.54, 1.807) is 6.20 Å². The van der Waals surface area contributed by atoms with Crippen LogP contribution in [0.5, 0.6) is 0 Å². The Morgan fingerprint density at radius 2 is 2.12 bits per heavy atom. The summed E-state index contributed by atoms with van der Waals surface area (Å²) in [5.74, 6) is -0.0469. The number of nitrogens with one attached hydrogen (secondary N) is 3. The summed E-state index contributed by atoms with van der Waals surface area (Å²) in [6.07, 6.45) is 3.88. The molecule has 8 nitrogen and oxygen atoms in total. The average Bonchev–Trinajstić information content (AvgIpc) is 2.90. The van der Waals surface area contributed by atoms with Gasteiger partial charge in [0.05, 0.1) is 6.54 Å². The van der Waals surface area contributed by atoms with E-state index in [4.69, 9.17) is 5.11 Å². The number of carboxylic acids is 1. The van der Waals surface area contributed by atoms with Crippen molar-refractivity contribution in [1.82, 2.24) is 25.2 Å². The molecular formula is C15H24Cl2N6O2. The lowest BCUT2D eigenvalue weighted by atomic mass is 10.1. The van der Waals surface area contributed by atoms with Crippen LogP contribution < -0.4 is 16.0 Å². The van der Waals surface area contributed by atoms with Gasteiger partial charge in [0, 0.05) is 25.3 Å². The molecule has 4 N–H and O–H groups in total. The first kappa shape index (κ1) is 21.4. The van der Waals surface area contributed by atoms with Gasteiger partial charge >= 0.3 is 5.97 Å². The largest absolute Gasteiger partial charge is 0.480 e. The molecule has 2 aromatic rings. The molecule has 3 rings (SSSR count). The first-order chi connectivity index (χ1) is 11.2. The molecule has 140 valence electrons. The molecule has 0 bridgehead atoms. The molecule has 0 aromatic carbocycles. The van der Waals surface area contributed by atoms with Gasteiger partial charge in [-0.05, 0) is 38.1 Å². The quantitative estimate of drug-likeness (QED) is 0.525. The number of fused-ring (bicyclic) bond motifs is 1. The maximum atomic E-state index is 10.6. The Balaban J connectivity index is 0.00000156. The minimum absolute atomic E-state index is 0. The first-order valence-corrected chi connectivity index (χ1v) is 7.95. The number of anilines is 1. The number of carbonyl (C=O) groups is 1. The first-order valence-electron chi connectivity index (χ1n) is 7.95. The van der Waals surface area contributed by atoms with E-state index in [2.05, 4.69) is 25.9 Å². The Kier molecular flexibility index (Phi) is 8.91. The Labute approximate surface area is 158 Å². The molecule has 0 aliphatic carbocycles. The molecule has 10 heteroatoms. The molecule has 1 fully saturated rings. The lowest BCUT2D eigenvalue weighted by molar-refractivity contribution is -0.135. The molecule has 1 aliphatic rings. The van der Waals surface area contributed by atoms with Crippen LogP contribution in [0.15, 0.2) is 18.3 Å². The fourth-order valence-corrected chi connectivity index (χ4v) is 2.82. The minimum Gasteiger partial charge on any atom is -0.480 e. The summed E-state index contributed by atoms with van der Waals surface area (Å²) >= 11 is 0. The van der Waals surface area contributed by atoms with Gasteiger partial charge in [-0.1, -0.05) is 0 Å². The number of rotatable bonds is 7. The monoisotopic (exact) mass is 390 g/mol. The molecule has 2 aromatic heterocycles. The Morgan fingerprint density at radius 1 is 1.36 bits per heavy atom. The summed E-state index contributed by atoms with van der Waals surface area (Å²) in [4.78, 5) is 19.6. The van der Waals surface area contributed by atoms with Gasteiger partial charge in [-0.15, -0.1) is 24.8 Å². The van der Waals surface area contributed by atoms with Crippen molar-refractivity contribution >= 4 is 47.9 Å². The molecule has 3 heterocycles. The van der Waals surface area contributed by atoms with Crippen LogP contribution in [0.25, 0.3) is 11.2 Å². The van der Waals surface area contributed by atoms with Crippen molar-refractivity contribution in [1.29, 1.82) is 0 Å². The summed E-state index contributed by atoms with van der Waals surface area (Å²) < 4.78 is 2.02. The zero-order chi connectivity index (χ0) is 16.1. The van der Waals surface area contributed by atoms with Crippen molar-refractivity contribution in [3.05, 3.63) is 18.3 Å². The number of imidazole rings is 1. The van der Waals surface area contributed by atoms with Crippen LogP contribution in [0.4, 0.5) is 5.95 Å². The average molecular weight is 391 g/mol. The van der Waals surface area contributed by atoms with Gasteiger partial charge in [0.2, 0.25) is 5.95 Å². The van der Waals surface area contributed by atoms with E-state index in [9.17, 15) is 4.79 Å². The van der Waals surface area contributed by atoms with E-state index in [0.29, 0.717) is 19.1 Å². The molecule has 0 radical (unpaired) electrons. The number of piperidine rings is 1.